The van der Waals surface area contributed by atoms with Crippen LogP contribution in [0, 0.1) is 13.8 Å². The van der Waals surface area contributed by atoms with E-state index in [4.69, 9.17) is 9.72 Å². The topological polar surface area (TPSA) is 83.1 Å². The third-order valence-corrected chi connectivity index (χ3v) is 5.77. The van der Waals surface area contributed by atoms with Crippen molar-refractivity contribution in [3.8, 4) is 11.3 Å². The fourth-order valence-electron chi connectivity index (χ4n) is 4.10. The highest BCUT2D eigenvalue weighted by molar-refractivity contribution is 5.95. The van der Waals surface area contributed by atoms with Gasteiger partial charge in [-0.1, -0.05) is 0 Å². The number of hydrogen-bond acceptors (Lipinski definition) is 6. The van der Waals surface area contributed by atoms with Gasteiger partial charge in [-0.2, -0.15) is 0 Å². The Kier molecular flexibility index (Phi) is 5.33. The Morgan fingerprint density at radius 3 is 2.66 bits per heavy atom. The number of aromatic amines is 1. The zero-order chi connectivity index (χ0) is 22.1. The first-order valence-electron chi connectivity index (χ1n) is 10.7. The first-order chi connectivity index (χ1) is 15.6. The zero-order valence-corrected chi connectivity index (χ0v) is 18.2. The van der Waals surface area contributed by atoms with Crippen molar-refractivity contribution in [2.75, 3.05) is 36.5 Å². The molecule has 1 saturated heterocycles. The van der Waals surface area contributed by atoms with Gasteiger partial charge in [0.25, 0.3) is 5.56 Å². The van der Waals surface area contributed by atoms with Crippen molar-refractivity contribution in [1.29, 1.82) is 0 Å². The van der Waals surface area contributed by atoms with E-state index < -0.39 is 0 Å². The van der Waals surface area contributed by atoms with Crippen LogP contribution < -0.4 is 15.8 Å². The maximum Gasteiger partial charge on any atom is 0.259 e. The molecule has 162 valence electrons. The van der Waals surface area contributed by atoms with E-state index in [9.17, 15) is 4.79 Å². The van der Waals surface area contributed by atoms with E-state index in [0.717, 1.165) is 59.9 Å². The summed E-state index contributed by atoms with van der Waals surface area (Å²) in [7, 11) is 0. The van der Waals surface area contributed by atoms with Crippen LogP contribution in [0.3, 0.4) is 0 Å². The molecule has 3 aromatic heterocycles. The van der Waals surface area contributed by atoms with Gasteiger partial charge in [-0.25, -0.2) is 4.98 Å². The summed E-state index contributed by atoms with van der Waals surface area (Å²) in [6.07, 6.45) is 3.47. The van der Waals surface area contributed by atoms with Crippen LogP contribution in [-0.4, -0.2) is 41.3 Å². The highest BCUT2D eigenvalue weighted by atomic mass is 16.5. The number of aryl methyl sites for hydroxylation is 2. The van der Waals surface area contributed by atoms with Crippen LogP contribution in [-0.2, 0) is 4.74 Å². The third kappa shape index (κ3) is 3.94. The molecule has 0 spiro atoms. The highest BCUT2D eigenvalue weighted by Crippen LogP contribution is 2.30. The molecular formula is C25H25N5O2. The minimum Gasteiger partial charge on any atom is -0.378 e. The Hall–Kier alpha value is -3.71. The first kappa shape index (κ1) is 20.2. The SMILES string of the molecule is Cc1ccc(-c2cc3cc[nH]c(=O)c3c(Nc3ccc(N4CCOCC4)c(C)c3)n2)cn1. The molecule has 0 atom stereocenters. The fraction of sp³-hybridized carbons (Fsp3) is 0.240. The van der Waals surface area contributed by atoms with Gasteiger partial charge in [-0.3, -0.25) is 9.78 Å². The van der Waals surface area contributed by atoms with E-state index in [1.165, 1.54) is 5.69 Å². The molecule has 4 heterocycles. The second-order valence-corrected chi connectivity index (χ2v) is 8.04. The van der Waals surface area contributed by atoms with E-state index in [1.807, 2.05) is 43.5 Å². The molecule has 4 aromatic rings. The van der Waals surface area contributed by atoms with Crippen LogP contribution >= 0.6 is 0 Å². The van der Waals surface area contributed by atoms with E-state index in [0.29, 0.717) is 11.2 Å². The zero-order valence-electron chi connectivity index (χ0n) is 18.2. The van der Waals surface area contributed by atoms with E-state index >= 15 is 0 Å². The smallest absolute Gasteiger partial charge is 0.259 e. The molecule has 7 nitrogen and oxygen atoms in total. The highest BCUT2D eigenvalue weighted by Gasteiger charge is 2.15. The molecule has 0 aliphatic carbocycles. The maximum absolute atomic E-state index is 12.6. The minimum atomic E-state index is -0.173. The molecule has 0 radical (unpaired) electrons. The quantitative estimate of drug-likeness (QED) is 0.508. The number of hydrogen-bond donors (Lipinski definition) is 2. The first-order valence-corrected chi connectivity index (χ1v) is 10.7. The van der Waals surface area contributed by atoms with Gasteiger partial charge < -0.3 is 19.9 Å². The number of aromatic nitrogens is 3. The molecule has 1 aliphatic rings. The summed E-state index contributed by atoms with van der Waals surface area (Å²) < 4.78 is 5.47. The van der Waals surface area contributed by atoms with Crippen molar-refractivity contribution < 1.29 is 4.74 Å². The van der Waals surface area contributed by atoms with Gasteiger partial charge in [-0.15, -0.1) is 0 Å². The number of ether oxygens (including phenoxy) is 1. The predicted molar refractivity (Wildman–Crippen MR) is 128 cm³/mol. The number of benzene rings is 1. The summed E-state index contributed by atoms with van der Waals surface area (Å²) in [4.78, 5) is 26.9. The number of anilines is 3. The van der Waals surface area contributed by atoms with Crippen molar-refractivity contribution in [3.63, 3.8) is 0 Å². The molecular weight excluding hydrogens is 402 g/mol. The molecule has 1 aliphatic heterocycles. The Morgan fingerprint density at radius 1 is 1.06 bits per heavy atom. The summed E-state index contributed by atoms with van der Waals surface area (Å²) in [5.74, 6) is 0.526. The number of H-pyrrole nitrogens is 1. The van der Waals surface area contributed by atoms with Crippen molar-refractivity contribution in [1.82, 2.24) is 15.0 Å². The van der Waals surface area contributed by atoms with Crippen molar-refractivity contribution in [2.24, 2.45) is 0 Å². The van der Waals surface area contributed by atoms with Crippen molar-refractivity contribution >= 4 is 28.0 Å². The maximum atomic E-state index is 12.6. The Labute approximate surface area is 186 Å². The number of pyridine rings is 3. The lowest BCUT2D eigenvalue weighted by atomic mass is 10.1. The van der Waals surface area contributed by atoms with Crippen LogP contribution in [0.5, 0.6) is 0 Å². The van der Waals surface area contributed by atoms with E-state index in [1.54, 1.807) is 6.20 Å². The molecule has 32 heavy (non-hydrogen) atoms. The molecule has 0 amide bonds. The predicted octanol–water partition coefficient (Wildman–Crippen LogP) is 4.18. The standard InChI is InChI=1S/C25H25N5O2/c1-16-13-20(5-6-22(16)30-9-11-32-12-10-30)28-24-23-18(7-8-26-25(23)31)14-21(29-24)19-4-3-17(2)27-15-19/h3-8,13-15H,9-12H2,1-2H3,(H,26,31)(H,28,29). The van der Waals surface area contributed by atoms with Gasteiger partial charge in [0.15, 0.2) is 0 Å². The van der Waals surface area contributed by atoms with Gasteiger partial charge in [-0.05, 0) is 67.3 Å². The molecule has 2 N–H and O–H groups in total. The van der Waals surface area contributed by atoms with Crippen LogP contribution in [0.1, 0.15) is 11.3 Å². The number of rotatable bonds is 4. The molecule has 0 bridgehead atoms. The Morgan fingerprint density at radius 2 is 1.91 bits per heavy atom. The molecule has 1 aromatic carbocycles. The van der Waals surface area contributed by atoms with Crippen LogP contribution in [0.25, 0.3) is 22.0 Å². The molecule has 7 heteroatoms. The van der Waals surface area contributed by atoms with Gasteiger partial charge in [0.05, 0.1) is 24.3 Å². The number of nitrogens with one attached hydrogen (secondary N) is 2. The second-order valence-electron chi connectivity index (χ2n) is 8.04. The van der Waals surface area contributed by atoms with Crippen LogP contribution in [0.4, 0.5) is 17.2 Å². The molecule has 0 saturated carbocycles. The van der Waals surface area contributed by atoms with Crippen LogP contribution in [0.2, 0.25) is 0 Å². The molecule has 5 rings (SSSR count). The van der Waals surface area contributed by atoms with Gasteiger partial charge in [0.1, 0.15) is 5.82 Å². The lowest BCUT2D eigenvalue weighted by molar-refractivity contribution is 0.122. The number of fused-ring (bicyclic) bond motifs is 1. The normalized spacial score (nSPS) is 14.0. The Balaban J connectivity index is 1.55. The lowest BCUT2D eigenvalue weighted by Crippen LogP contribution is -2.36. The molecule has 0 unspecified atom stereocenters. The van der Waals surface area contributed by atoms with Gasteiger partial charge >= 0.3 is 0 Å². The van der Waals surface area contributed by atoms with E-state index in [2.05, 4.69) is 39.2 Å². The summed E-state index contributed by atoms with van der Waals surface area (Å²) in [5.41, 5.74) is 5.69. The van der Waals surface area contributed by atoms with Crippen LogP contribution in [0.15, 0.2) is 59.7 Å². The lowest BCUT2D eigenvalue weighted by Gasteiger charge is -2.30. The monoisotopic (exact) mass is 427 g/mol. The second kappa shape index (κ2) is 8.43. The number of nitrogens with zero attached hydrogens (tertiary/aromatic N) is 3. The average Bonchev–Trinajstić information content (AvgIpc) is 2.80. The molecule has 1 fully saturated rings. The summed E-state index contributed by atoms with van der Waals surface area (Å²) in [6.45, 7) is 7.33. The fourth-order valence-corrected chi connectivity index (χ4v) is 4.10. The summed E-state index contributed by atoms with van der Waals surface area (Å²) in [5, 5.41) is 4.74. The van der Waals surface area contributed by atoms with Gasteiger partial charge in [0, 0.05) is 48.1 Å². The largest absolute Gasteiger partial charge is 0.378 e. The summed E-state index contributed by atoms with van der Waals surface area (Å²) in [6, 6.07) is 14.0. The summed E-state index contributed by atoms with van der Waals surface area (Å²) >= 11 is 0. The Bertz CT molecular complexity index is 1320. The van der Waals surface area contributed by atoms with Gasteiger partial charge in [0.2, 0.25) is 0 Å². The van der Waals surface area contributed by atoms with Crippen molar-refractivity contribution in [3.05, 3.63) is 76.5 Å². The van der Waals surface area contributed by atoms with Crippen molar-refractivity contribution in [2.45, 2.75) is 13.8 Å². The third-order valence-electron chi connectivity index (χ3n) is 5.77. The number of morpholine rings is 1. The minimum absolute atomic E-state index is 0.173. The van der Waals surface area contributed by atoms with E-state index in [-0.39, 0.29) is 5.56 Å². The average molecular weight is 428 g/mol.